The lowest BCUT2D eigenvalue weighted by molar-refractivity contribution is -0.124. The zero-order chi connectivity index (χ0) is 21.1. The van der Waals surface area contributed by atoms with Crippen LogP contribution in [-0.2, 0) is 16.0 Å². The predicted octanol–water partition coefficient (Wildman–Crippen LogP) is -0.259. The van der Waals surface area contributed by atoms with E-state index < -0.39 is 30.9 Å². The lowest BCUT2D eigenvalue weighted by Crippen LogP contribution is -2.55. The van der Waals surface area contributed by atoms with Gasteiger partial charge in [0.25, 0.3) is 5.91 Å². The van der Waals surface area contributed by atoms with Crippen molar-refractivity contribution < 1.29 is 24.4 Å². The molecule has 0 bridgehead atoms. The SMILES string of the molecule is COCC(NC(=O)c1cncnc1)C(=O)NC(CCCc1ccccc1)B(O)O. The maximum atomic E-state index is 12.6. The highest BCUT2D eigenvalue weighted by molar-refractivity contribution is 6.43. The van der Waals surface area contributed by atoms with Crippen molar-refractivity contribution >= 4 is 18.9 Å². The molecule has 2 rings (SSSR count). The van der Waals surface area contributed by atoms with Gasteiger partial charge in [-0.2, -0.15) is 0 Å². The molecule has 0 saturated carbocycles. The number of carbonyl (C=O) groups excluding carboxylic acids is 2. The second kappa shape index (κ2) is 11.9. The number of hydrogen-bond donors (Lipinski definition) is 4. The van der Waals surface area contributed by atoms with E-state index in [2.05, 4.69) is 20.6 Å². The van der Waals surface area contributed by atoms with Gasteiger partial charge in [0.05, 0.1) is 18.1 Å². The first-order valence-electron chi connectivity index (χ1n) is 9.26. The number of nitrogens with zero attached hydrogens (tertiary/aromatic N) is 2. The maximum absolute atomic E-state index is 12.6. The number of benzene rings is 1. The number of ether oxygens (including phenoxy) is 1. The Morgan fingerprint density at radius 1 is 1.14 bits per heavy atom. The number of aryl methyl sites for hydroxylation is 1. The van der Waals surface area contributed by atoms with Crippen LogP contribution in [0, 0.1) is 0 Å². The van der Waals surface area contributed by atoms with E-state index in [4.69, 9.17) is 4.74 Å². The van der Waals surface area contributed by atoms with Crippen molar-refractivity contribution in [1.82, 2.24) is 20.6 Å². The van der Waals surface area contributed by atoms with E-state index in [1.54, 1.807) is 0 Å². The summed E-state index contributed by atoms with van der Waals surface area (Å²) >= 11 is 0. The van der Waals surface area contributed by atoms with E-state index in [1.807, 2.05) is 30.3 Å². The first-order valence-corrected chi connectivity index (χ1v) is 9.26. The number of hydrogen-bond acceptors (Lipinski definition) is 7. The van der Waals surface area contributed by atoms with Gasteiger partial charge in [-0.05, 0) is 24.8 Å². The molecule has 0 aliphatic heterocycles. The molecule has 2 atom stereocenters. The summed E-state index contributed by atoms with van der Waals surface area (Å²) in [6.07, 6.45) is 5.70. The summed E-state index contributed by atoms with van der Waals surface area (Å²) in [4.78, 5) is 32.4. The van der Waals surface area contributed by atoms with Crippen LogP contribution in [0.4, 0.5) is 0 Å². The van der Waals surface area contributed by atoms with Gasteiger partial charge in [-0.25, -0.2) is 9.97 Å². The molecular weight excluding hydrogens is 375 g/mol. The maximum Gasteiger partial charge on any atom is 0.475 e. The molecule has 0 spiro atoms. The zero-order valence-corrected chi connectivity index (χ0v) is 16.2. The summed E-state index contributed by atoms with van der Waals surface area (Å²) < 4.78 is 5.01. The summed E-state index contributed by atoms with van der Waals surface area (Å²) in [7, 11) is -0.327. The molecule has 10 heteroatoms. The minimum absolute atomic E-state index is 0.0798. The summed E-state index contributed by atoms with van der Waals surface area (Å²) in [6.45, 7) is -0.0798. The first kappa shape index (κ1) is 22.5. The van der Waals surface area contributed by atoms with Gasteiger partial charge in [0, 0.05) is 19.5 Å². The number of amides is 2. The Bertz CT molecular complexity index is 764. The minimum Gasteiger partial charge on any atom is -0.426 e. The molecule has 29 heavy (non-hydrogen) atoms. The van der Waals surface area contributed by atoms with Gasteiger partial charge >= 0.3 is 7.12 Å². The molecule has 2 aromatic rings. The number of carbonyl (C=O) groups is 2. The molecule has 0 fully saturated rings. The largest absolute Gasteiger partial charge is 0.475 e. The average molecular weight is 400 g/mol. The Balaban J connectivity index is 1.92. The second-order valence-electron chi connectivity index (χ2n) is 6.52. The quantitative estimate of drug-likeness (QED) is 0.382. The minimum atomic E-state index is -1.73. The average Bonchev–Trinajstić information content (AvgIpc) is 2.73. The van der Waals surface area contributed by atoms with Crippen LogP contribution in [0.3, 0.4) is 0 Å². The molecule has 2 unspecified atom stereocenters. The molecule has 9 nitrogen and oxygen atoms in total. The summed E-state index contributed by atoms with van der Waals surface area (Å²) in [5.74, 6) is -1.98. The highest BCUT2D eigenvalue weighted by atomic mass is 16.5. The van der Waals surface area contributed by atoms with Crippen LogP contribution >= 0.6 is 0 Å². The smallest absolute Gasteiger partial charge is 0.426 e. The van der Waals surface area contributed by atoms with Crippen LogP contribution in [0.25, 0.3) is 0 Å². The summed E-state index contributed by atoms with van der Waals surface area (Å²) in [5.41, 5.74) is 1.32. The Labute approximate surface area is 169 Å². The normalized spacial score (nSPS) is 12.7. The molecule has 0 radical (unpaired) electrons. The van der Waals surface area contributed by atoms with E-state index >= 15 is 0 Å². The molecule has 2 amide bonds. The molecule has 1 aromatic carbocycles. The highest BCUT2D eigenvalue weighted by Gasteiger charge is 2.29. The first-order chi connectivity index (χ1) is 14.0. The molecule has 1 aromatic heterocycles. The van der Waals surface area contributed by atoms with Crippen LogP contribution in [0.15, 0.2) is 49.1 Å². The van der Waals surface area contributed by atoms with Crippen molar-refractivity contribution in [3.8, 4) is 0 Å². The lowest BCUT2D eigenvalue weighted by Gasteiger charge is -2.22. The van der Waals surface area contributed by atoms with Gasteiger partial charge in [0.1, 0.15) is 12.4 Å². The van der Waals surface area contributed by atoms with Gasteiger partial charge in [0.15, 0.2) is 0 Å². The Morgan fingerprint density at radius 3 is 2.45 bits per heavy atom. The monoisotopic (exact) mass is 400 g/mol. The van der Waals surface area contributed by atoms with Crippen LogP contribution in [0.5, 0.6) is 0 Å². The standard InChI is InChI=1S/C19H25BN4O5/c1-29-12-16(23-18(25)15-10-21-13-22-11-15)19(26)24-17(20(27)28)9-5-8-14-6-3-2-4-7-14/h2-4,6-7,10-11,13,16-17,27-28H,5,8-9,12H2,1H3,(H,23,25)(H,24,26). The third kappa shape index (κ3) is 7.61. The summed E-state index contributed by atoms with van der Waals surface area (Å²) in [5, 5.41) is 24.4. The second-order valence-corrected chi connectivity index (χ2v) is 6.52. The van der Waals surface area contributed by atoms with E-state index in [9.17, 15) is 19.6 Å². The number of aromatic nitrogens is 2. The Morgan fingerprint density at radius 2 is 1.83 bits per heavy atom. The molecular formula is C19H25BN4O5. The molecule has 154 valence electrons. The predicted molar refractivity (Wildman–Crippen MR) is 107 cm³/mol. The summed E-state index contributed by atoms with van der Waals surface area (Å²) in [6, 6.07) is 8.76. The van der Waals surface area contributed by atoms with Crippen molar-refractivity contribution in [2.24, 2.45) is 0 Å². The third-order valence-electron chi connectivity index (χ3n) is 4.29. The molecule has 0 saturated heterocycles. The molecule has 0 aliphatic carbocycles. The van der Waals surface area contributed by atoms with E-state index in [0.717, 1.165) is 12.0 Å². The fourth-order valence-corrected chi connectivity index (χ4v) is 2.76. The molecule has 0 aliphatic rings. The zero-order valence-electron chi connectivity index (χ0n) is 16.2. The topological polar surface area (TPSA) is 134 Å². The van der Waals surface area contributed by atoms with E-state index in [-0.39, 0.29) is 12.2 Å². The molecule has 1 heterocycles. The van der Waals surface area contributed by atoms with Crippen molar-refractivity contribution in [3.05, 3.63) is 60.2 Å². The van der Waals surface area contributed by atoms with E-state index in [0.29, 0.717) is 12.8 Å². The fraction of sp³-hybridized carbons (Fsp3) is 0.368. The Kier molecular flexibility index (Phi) is 9.22. The lowest BCUT2D eigenvalue weighted by atomic mass is 9.76. The van der Waals surface area contributed by atoms with Crippen LogP contribution in [0.2, 0.25) is 0 Å². The van der Waals surface area contributed by atoms with Crippen molar-refractivity contribution in [2.75, 3.05) is 13.7 Å². The van der Waals surface area contributed by atoms with Crippen molar-refractivity contribution in [1.29, 1.82) is 0 Å². The van der Waals surface area contributed by atoms with Gasteiger partial charge in [-0.3, -0.25) is 9.59 Å². The number of rotatable bonds is 11. The Hall–Kier alpha value is -2.82. The molecule has 4 N–H and O–H groups in total. The van der Waals surface area contributed by atoms with Gasteiger partial charge in [-0.1, -0.05) is 30.3 Å². The number of nitrogens with one attached hydrogen (secondary N) is 2. The van der Waals surface area contributed by atoms with Gasteiger partial charge < -0.3 is 25.4 Å². The van der Waals surface area contributed by atoms with Gasteiger partial charge in [-0.15, -0.1) is 0 Å². The number of methoxy groups -OCH3 is 1. The van der Waals surface area contributed by atoms with Gasteiger partial charge in [0.2, 0.25) is 5.91 Å². The van der Waals surface area contributed by atoms with Crippen LogP contribution in [0.1, 0.15) is 28.8 Å². The van der Waals surface area contributed by atoms with Crippen LogP contribution in [-0.4, -0.2) is 64.6 Å². The van der Waals surface area contributed by atoms with Crippen LogP contribution < -0.4 is 10.6 Å². The third-order valence-corrected chi connectivity index (χ3v) is 4.29. The van der Waals surface area contributed by atoms with E-state index in [1.165, 1.54) is 25.8 Å². The van der Waals surface area contributed by atoms with Crippen molar-refractivity contribution in [2.45, 2.75) is 31.2 Å². The fourth-order valence-electron chi connectivity index (χ4n) is 2.76. The van der Waals surface area contributed by atoms with Crippen molar-refractivity contribution in [3.63, 3.8) is 0 Å². The highest BCUT2D eigenvalue weighted by Crippen LogP contribution is 2.08.